The maximum atomic E-state index is 13.1. The summed E-state index contributed by atoms with van der Waals surface area (Å²) in [6.45, 7) is 4.72. The molecule has 1 aromatic carbocycles. The monoisotopic (exact) mass is 412 g/mol. The molecule has 1 spiro atoms. The van der Waals surface area contributed by atoms with Crippen molar-refractivity contribution in [2.75, 3.05) is 26.2 Å². The van der Waals surface area contributed by atoms with Crippen LogP contribution < -0.4 is 16.0 Å². The molecule has 4 aliphatic heterocycles. The van der Waals surface area contributed by atoms with Gasteiger partial charge in [0, 0.05) is 50.1 Å². The summed E-state index contributed by atoms with van der Waals surface area (Å²) in [6, 6.07) is 5.29. The number of hydrogen-bond donors (Lipinski definition) is 3. The predicted molar refractivity (Wildman–Crippen MR) is 108 cm³/mol. The first kappa shape index (κ1) is 19.7. The normalized spacial score (nSPS) is 27.7. The summed E-state index contributed by atoms with van der Waals surface area (Å²) in [7, 11) is 0. The van der Waals surface area contributed by atoms with Crippen LogP contribution in [0.25, 0.3) is 0 Å². The van der Waals surface area contributed by atoms with E-state index in [1.165, 1.54) is 6.42 Å². The van der Waals surface area contributed by atoms with E-state index in [0.29, 0.717) is 30.5 Å². The van der Waals surface area contributed by atoms with Crippen LogP contribution >= 0.6 is 0 Å². The lowest BCUT2D eigenvalue weighted by atomic mass is 9.76. The largest absolute Gasteiger partial charge is 0.376 e. The fraction of sp³-hybridized carbons (Fsp3) is 0.591. The van der Waals surface area contributed by atoms with Gasteiger partial charge in [0.15, 0.2) is 0 Å². The SMILES string of the molecule is O=C1CCC(N2Cc3cccc(CNCC4CCC5(CNC5)CO4)c3C2=O)C(=O)N1. The van der Waals surface area contributed by atoms with Gasteiger partial charge < -0.3 is 20.3 Å². The van der Waals surface area contributed by atoms with E-state index in [4.69, 9.17) is 4.74 Å². The van der Waals surface area contributed by atoms with Crippen molar-refractivity contribution in [3.8, 4) is 0 Å². The number of rotatable bonds is 5. The molecule has 3 N–H and O–H groups in total. The zero-order valence-electron chi connectivity index (χ0n) is 17.0. The van der Waals surface area contributed by atoms with Gasteiger partial charge in [0.05, 0.1) is 12.7 Å². The van der Waals surface area contributed by atoms with Gasteiger partial charge in [-0.15, -0.1) is 0 Å². The highest BCUT2D eigenvalue weighted by molar-refractivity contribution is 6.05. The molecule has 0 bridgehead atoms. The lowest BCUT2D eigenvalue weighted by Crippen LogP contribution is -2.59. The molecule has 0 aromatic heterocycles. The molecule has 30 heavy (non-hydrogen) atoms. The van der Waals surface area contributed by atoms with E-state index in [0.717, 1.165) is 43.8 Å². The maximum absolute atomic E-state index is 13.1. The van der Waals surface area contributed by atoms with Gasteiger partial charge in [0.2, 0.25) is 11.8 Å². The topological polar surface area (TPSA) is 99.8 Å². The molecule has 3 saturated heterocycles. The Labute approximate surface area is 175 Å². The fourth-order valence-corrected chi connectivity index (χ4v) is 5.04. The van der Waals surface area contributed by atoms with Gasteiger partial charge in [-0.05, 0) is 30.4 Å². The zero-order valence-corrected chi connectivity index (χ0v) is 17.0. The summed E-state index contributed by atoms with van der Waals surface area (Å²) in [5, 5.41) is 9.15. The molecule has 4 heterocycles. The molecule has 3 fully saturated rings. The molecule has 8 nitrogen and oxygen atoms in total. The fourth-order valence-electron chi connectivity index (χ4n) is 5.04. The Morgan fingerprint density at radius 3 is 2.77 bits per heavy atom. The van der Waals surface area contributed by atoms with Crippen molar-refractivity contribution in [2.24, 2.45) is 5.41 Å². The number of hydrogen-bond acceptors (Lipinski definition) is 6. The third kappa shape index (κ3) is 3.53. The first-order chi connectivity index (χ1) is 14.5. The quantitative estimate of drug-likeness (QED) is 0.602. The standard InChI is InChI=1S/C22H28N4O4/c27-18-5-4-17(20(28)25-18)26-10-15-3-1-2-14(19(15)21(26)29)8-23-9-16-6-7-22(13-30-16)11-24-12-22/h1-3,16-17,23-24H,4-13H2,(H,25,27,28). The summed E-state index contributed by atoms with van der Waals surface area (Å²) in [5.74, 6) is -0.763. The number of imide groups is 1. The molecule has 2 unspecified atom stereocenters. The third-order valence-electron chi connectivity index (χ3n) is 6.95. The lowest BCUT2D eigenvalue weighted by Gasteiger charge is -2.47. The van der Waals surface area contributed by atoms with E-state index in [1.807, 2.05) is 18.2 Å². The molecule has 8 heteroatoms. The number of carbonyl (C=O) groups is 3. The summed E-state index contributed by atoms with van der Waals surface area (Å²) >= 11 is 0. The smallest absolute Gasteiger partial charge is 0.255 e. The molecular formula is C22H28N4O4. The van der Waals surface area contributed by atoms with Crippen LogP contribution in [0.3, 0.4) is 0 Å². The minimum atomic E-state index is -0.577. The highest BCUT2D eigenvalue weighted by Gasteiger charge is 2.41. The van der Waals surface area contributed by atoms with Crippen LogP contribution in [0.4, 0.5) is 0 Å². The number of fused-ring (bicyclic) bond motifs is 1. The van der Waals surface area contributed by atoms with Gasteiger partial charge in [0.1, 0.15) is 6.04 Å². The molecular weight excluding hydrogens is 384 g/mol. The van der Waals surface area contributed by atoms with E-state index >= 15 is 0 Å². The molecule has 5 rings (SSSR count). The zero-order chi connectivity index (χ0) is 20.7. The molecule has 4 aliphatic rings. The second-order valence-corrected chi connectivity index (χ2v) is 9.06. The van der Waals surface area contributed by atoms with Crippen LogP contribution in [-0.2, 0) is 27.4 Å². The van der Waals surface area contributed by atoms with Crippen molar-refractivity contribution < 1.29 is 19.1 Å². The number of piperidine rings is 1. The summed E-state index contributed by atoms with van der Waals surface area (Å²) in [4.78, 5) is 38.4. The van der Waals surface area contributed by atoms with Crippen LogP contribution in [0.1, 0.15) is 47.2 Å². The molecule has 160 valence electrons. The summed E-state index contributed by atoms with van der Waals surface area (Å²) in [6.07, 6.45) is 3.12. The maximum Gasteiger partial charge on any atom is 0.255 e. The molecule has 2 atom stereocenters. The van der Waals surface area contributed by atoms with Gasteiger partial charge >= 0.3 is 0 Å². The summed E-state index contributed by atoms with van der Waals surface area (Å²) in [5.41, 5.74) is 2.95. The Hall–Kier alpha value is -2.29. The molecule has 0 saturated carbocycles. The Morgan fingerprint density at radius 1 is 1.20 bits per heavy atom. The Morgan fingerprint density at radius 2 is 2.07 bits per heavy atom. The number of nitrogens with zero attached hydrogens (tertiary/aromatic N) is 1. The Kier molecular flexibility index (Phi) is 5.08. The van der Waals surface area contributed by atoms with E-state index < -0.39 is 6.04 Å². The summed E-state index contributed by atoms with van der Waals surface area (Å²) < 4.78 is 6.05. The van der Waals surface area contributed by atoms with Gasteiger partial charge in [0.25, 0.3) is 5.91 Å². The van der Waals surface area contributed by atoms with Crippen molar-refractivity contribution in [1.82, 2.24) is 20.9 Å². The van der Waals surface area contributed by atoms with Crippen molar-refractivity contribution in [3.63, 3.8) is 0 Å². The number of amides is 3. The number of carbonyl (C=O) groups excluding carboxylic acids is 3. The Bertz CT molecular complexity index is 872. The lowest BCUT2D eigenvalue weighted by molar-refractivity contribution is -0.136. The van der Waals surface area contributed by atoms with E-state index in [-0.39, 0.29) is 30.2 Å². The van der Waals surface area contributed by atoms with Crippen LogP contribution in [0.15, 0.2) is 18.2 Å². The first-order valence-corrected chi connectivity index (χ1v) is 10.8. The molecule has 3 amide bonds. The number of ether oxygens (including phenoxy) is 1. The minimum absolute atomic E-state index is 0.120. The van der Waals surface area contributed by atoms with E-state index in [2.05, 4.69) is 16.0 Å². The van der Waals surface area contributed by atoms with Crippen LogP contribution in [0.2, 0.25) is 0 Å². The Balaban J connectivity index is 1.20. The van der Waals surface area contributed by atoms with E-state index in [9.17, 15) is 14.4 Å². The number of benzene rings is 1. The predicted octanol–water partition coefficient (Wildman–Crippen LogP) is 0.306. The second kappa shape index (κ2) is 7.76. The van der Waals surface area contributed by atoms with Crippen molar-refractivity contribution >= 4 is 17.7 Å². The highest BCUT2D eigenvalue weighted by Crippen LogP contribution is 2.34. The highest BCUT2D eigenvalue weighted by atomic mass is 16.5. The van der Waals surface area contributed by atoms with Crippen LogP contribution in [0.5, 0.6) is 0 Å². The van der Waals surface area contributed by atoms with Gasteiger partial charge in [-0.3, -0.25) is 19.7 Å². The molecule has 0 aliphatic carbocycles. The average molecular weight is 412 g/mol. The minimum Gasteiger partial charge on any atom is -0.376 e. The van der Waals surface area contributed by atoms with Gasteiger partial charge in [-0.2, -0.15) is 0 Å². The van der Waals surface area contributed by atoms with Gasteiger partial charge in [-0.25, -0.2) is 0 Å². The van der Waals surface area contributed by atoms with Crippen molar-refractivity contribution in [3.05, 3.63) is 34.9 Å². The number of nitrogens with one attached hydrogen (secondary N) is 3. The van der Waals surface area contributed by atoms with Crippen LogP contribution in [0, 0.1) is 5.41 Å². The first-order valence-electron chi connectivity index (χ1n) is 10.8. The average Bonchev–Trinajstić information content (AvgIpc) is 3.05. The van der Waals surface area contributed by atoms with E-state index in [1.54, 1.807) is 4.90 Å². The van der Waals surface area contributed by atoms with Crippen molar-refractivity contribution in [2.45, 2.75) is 50.9 Å². The van der Waals surface area contributed by atoms with Crippen LogP contribution in [-0.4, -0.2) is 61.0 Å². The van der Waals surface area contributed by atoms with Crippen molar-refractivity contribution in [1.29, 1.82) is 0 Å². The van der Waals surface area contributed by atoms with Gasteiger partial charge in [-0.1, -0.05) is 18.2 Å². The molecule has 0 radical (unpaired) electrons. The second-order valence-electron chi connectivity index (χ2n) is 9.06. The molecule has 1 aromatic rings. The third-order valence-corrected chi connectivity index (χ3v) is 6.95.